The van der Waals surface area contributed by atoms with Gasteiger partial charge < -0.3 is 10.6 Å². The fraction of sp³-hybridized carbons (Fsp3) is 0.462. The highest BCUT2D eigenvalue weighted by atomic mass is 79.9. The van der Waals surface area contributed by atoms with Crippen molar-refractivity contribution in [3.63, 3.8) is 0 Å². The number of nitrogens with zero attached hydrogens (tertiary/aromatic N) is 1. The van der Waals surface area contributed by atoms with Crippen molar-refractivity contribution in [1.82, 2.24) is 4.90 Å². The SMILES string of the molecule is NC1(C(=O)N2CCc3cccc(Br)c3C2)CC1. The van der Waals surface area contributed by atoms with E-state index in [2.05, 4.69) is 22.0 Å². The minimum Gasteiger partial charge on any atom is -0.336 e. The smallest absolute Gasteiger partial charge is 0.242 e. The van der Waals surface area contributed by atoms with Crippen LogP contribution in [0.2, 0.25) is 0 Å². The van der Waals surface area contributed by atoms with Gasteiger partial charge in [0.05, 0.1) is 5.54 Å². The minimum absolute atomic E-state index is 0.124. The summed E-state index contributed by atoms with van der Waals surface area (Å²) in [5, 5.41) is 0. The average molecular weight is 295 g/mol. The first kappa shape index (κ1) is 11.2. The van der Waals surface area contributed by atoms with Crippen molar-refractivity contribution < 1.29 is 4.79 Å². The van der Waals surface area contributed by atoms with Crippen LogP contribution in [0.4, 0.5) is 0 Å². The van der Waals surface area contributed by atoms with Gasteiger partial charge in [-0.3, -0.25) is 4.79 Å². The molecule has 1 aromatic carbocycles. The Morgan fingerprint density at radius 1 is 1.41 bits per heavy atom. The lowest BCUT2D eigenvalue weighted by Crippen LogP contribution is -2.47. The zero-order valence-electron chi connectivity index (χ0n) is 9.58. The molecule has 0 aromatic heterocycles. The number of rotatable bonds is 1. The number of halogens is 1. The Morgan fingerprint density at radius 3 is 2.88 bits per heavy atom. The normalized spacial score (nSPS) is 20.9. The first-order chi connectivity index (χ1) is 8.10. The van der Waals surface area contributed by atoms with Crippen LogP contribution in [0.15, 0.2) is 22.7 Å². The molecule has 1 fully saturated rings. The van der Waals surface area contributed by atoms with E-state index >= 15 is 0 Å². The van der Waals surface area contributed by atoms with Gasteiger partial charge in [0.15, 0.2) is 0 Å². The summed E-state index contributed by atoms with van der Waals surface area (Å²) in [6, 6.07) is 6.21. The maximum atomic E-state index is 12.2. The van der Waals surface area contributed by atoms with Crippen molar-refractivity contribution in [1.29, 1.82) is 0 Å². The molecule has 2 N–H and O–H groups in total. The highest BCUT2D eigenvalue weighted by Crippen LogP contribution is 2.36. The van der Waals surface area contributed by atoms with Gasteiger partial charge in [0.1, 0.15) is 0 Å². The molecule has 1 aromatic rings. The second-order valence-electron chi connectivity index (χ2n) is 5.01. The maximum absolute atomic E-state index is 12.2. The number of nitrogens with two attached hydrogens (primary N) is 1. The van der Waals surface area contributed by atoms with Crippen LogP contribution >= 0.6 is 15.9 Å². The summed E-state index contributed by atoms with van der Waals surface area (Å²) in [5.74, 6) is 0.124. The second kappa shape index (κ2) is 3.82. The lowest BCUT2D eigenvalue weighted by Gasteiger charge is -2.31. The molecule has 0 spiro atoms. The molecule has 1 aliphatic heterocycles. The lowest BCUT2D eigenvalue weighted by atomic mass is 9.99. The number of carbonyl (C=O) groups excluding carboxylic acids is 1. The van der Waals surface area contributed by atoms with Crippen LogP contribution < -0.4 is 5.73 Å². The number of hydrogen-bond acceptors (Lipinski definition) is 2. The Hall–Kier alpha value is -0.870. The Bertz CT molecular complexity index is 482. The quantitative estimate of drug-likeness (QED) is 0.859. The van der Waals surface area contributed by atoms with Crippen LogP contribution in [0.1, 0.15) is 24.0 Å². The van der Waals surface area contributed by atoms with Crippen LogP contribution in [0.25, 0.3) is 0 Å². The van der Waals surface area contributed by atoms with Gasteiger partial charge in [-0.25, -0.2) is 0 Å². The van der Waals surface area contributed by atoms with Crippen LogP contribution in [0.3, 0.4) is 0 Å². The van der Waals surface area contributed by atoms with Gasteiger partial charge in [-0.05, 0) is 36.5 Å². The molecular weight excluding hydrogens is 280 g/mol. The molecular formula is C13H15BrN2O. The zero-order chi connectivity index (χ0) is 12.0. The van der Waals surface area contributed by atoms with Gasteiger partial charge in [-0.2, -0.15) is 0 Å². The summed E-state index contributed by atoms with van der Waals surface area (Å²) in [4.78, 5) is 14.1. The van der Waals surface area contributed by atoms with E-state index in [1.165, 1.54) is 11.1 Å². The van der Waals surface area contributed by atoms with Crippen molar-refractivity contribution in [3.8, 4) is 0 Å². The predicted molar refractivity (Wildman–Crippen MR) is 69.4 cm³/mol. The van der Waals surface area contributed by atoms with Crippen molar-refractivity contribution in [2.45, 2.75) is 31.3 Å². The summed E-state index contributed by atoms with van der Waals surface area (Å²) >= 11 is 3.56. The van der Waals surface area contributed by atoms with E-state index in [-0.39, 0.29) is 5.91 Å². The summed E-state index contributed by atoms with van der Waals surface area (Å²) in [6.45, 7) is 1.48. The molecule has 3 nitrogen and oxygen atoms in total. The number of amides is 1. The van der Waals surface area contributed by atoms with Crippen LogP contribution in [-0.4, -0.2) is 22.9 Å². The second-order valence-corrected chi connectivity index (χ2v) is 5.86. The fourth-order valence-electron chi connectivity index (χ4n) is 2.38. The van der Waals surface area contributed by atoms with Gasteiger partial charge in [0.25, 0.3) is 0 Å². The Balaban J connectivity index is 1.85. The Morgan fingerprint density at radius 2 is 2.18 bits per heavy atom. The van der Waals surface area contributed by atoms with Gasteiger partial charge in [-0.15, -0.1) is 0 Å². The molecule has 0 bridgehead atoms. The Kier molecular flexibility index (Phi) is 2.52. The fourth-order valence-corrected chi connectivity index (χ4v) is 2.91. The third-order valence-corrected chi connectivity index (χ3v) is 4.46. The molecule has 90 valence electrons. The monoisotopic (exact) mass is 294 g/mol. The molecule has 3 rings (SSSR count). The van der Waals surface area contributed by atoms with Crippen molar-refractivity contribution >= 4 is 21.8 Å². The molecule has 0 atom stereocenters. The highest BCUT2D eigenvalue weighted by Gasteiger charge is 2.48. The minimum atomic E-state index is -0.543. The lowest BCUT2D eigenvalue weighted by molar-refractivity contribution is -0.134. The molecule has 17 heavy (non-hydrogen) atoms. The Labute approximate surface area is 109 Å². The van der Waals surface area contributed by atoms with Crippen LogP contribution in [0, 0.1) is 0 Å². The zero-order valence-corrected chi connectivity index (χ0v) is 11.2. The predicted octanol–water partition coefficient (Wildman–Crippen LogP) is 1.83. The number of fused-ring (bicyclic) bond motifs is 1. The van der Waals surface area contributed by atoms with Gasteiger partial charge in [0.2, 0.25) is 5.91 Å². The molecule has 0 saturated heterocycles. The van der Waals surface area contributed by atoms with E-state index in [1.807, 2.05) is 17.0 Å². The molecule has 1 aliphatic carbocycles. The summed E-state index contributed by atoms with van der Waals surface area (Å²) in [5.41, 5.74) is 8.00. The number of benzene rings is 1. The topological polar surface area (TPSA) is 46.3 Å². The first-order valence-electron chi connectivity index (χ1n) is 5.95. The van der Waals surface area contributed by atoms with E-state index in [0.29, 0.717) is 6.54 Å². The highest BCUT2D eigenvalue weighted by molar-refractivity contribution is 9.10. The third kappa shape index (κ3) is 1.89. The van der Waals surface area contributed by atoms with E-state index in [0.717, 1.165) is 30.3 Å². The molecule has 4 heteroatoms. The average Bonchev–Trinajstić information content (AvgIpc) is 3.08. The van der Waals surface area contributed by atoms with E-state index in [1.54, 1.807) is 0 Å². The first-order valence-corrected chi connectivity index (χ1v) is 6.74. The standard InChI is InChI=1S/C13H15BrN2O/c14-11-3-1-2-9-4-7-16(8-10(9)11)12(17)13(15)5-6-13/h1-3H,4-8,15H2. The van der Waals surface area contributed by atoms with Crippen molar-refractivity contribution in [2.24, 2.45) is 5.73 Å². The molecule has 1 saturated carbocycles. The third-order valence-electron chi connectivity index (χ3n) is 3.72. The molecule has 0 radical (unpaired) electrons. The molecule has 1 heterocycles. The number of carbonyl (C=O) groups is 1. The molecule has 1 amide bonds. The van der Waals surface area contributed by atoms with E-state index in [9.17, 15) is 4.79 Å². The van der Waals surface area contributed by atoms with E-state index < -0.39 is 5.54 Å². The summed E-state index contributed by atoms with van der Waals surface area (Å²) in [6.07, 6.45) is 2.60. The van der Waals surface area contributed by atoms with E-state index in [4.69, 9.17) is 5.73 Å². The van der Waals surface area contributed by atoms with Crippen LogP contribution in [0.5, 0.6) is 0 Å². The summed E-state index contributed by atoms with van der Waals surface area (Å²) < 4.78 is 1.09. The maximum Gasteiger partial charge on any atom is 0.242 e. The van der Waals surface area contributed by atoms with Gasteiger partial charge in [-0.1, -0.05) is 28.1 Å². The number of hydrogen-bond donors (Lipinski definition) is 1. The summed E-state index contributed by atoms with van der Waals surface area (Å²) in [7, 11) is 0. The van der Waals surface area contributed by atoms with Gasteiger partial charge >= 0.3 is 0 Å². The van der Waals surface area contributed by atoms with Crippen molar-refractivity contribution in [3.05, 3.63) is 33.8 Å². The molecule has 0 unspecified atom stereocenters. The van der Waals surface area contributed by atoms with Crippen LogP contribution in [-0.2, 0) is 17.8 Å². The van der Waals surface area contributed by atoms with Gasteiger partial charge in [0, 0.05) is 17.6 Å². The largest absolute Gasteiger partial charge is 0.336 e. The molecule has 2 aliphatic rings. The van der Waals surface area contributed by atoms with Crippen molar-refractivity contribution in [2.75, 3.05) is 6.54 Å².